The van der Waals surface area contributed by atoms with Gasteiger partial charge in [-0.15, -0.1) is 11.3 Å². The summed E-state index contributed by atoms with van der Waals surface area (Å²) >= 11 is 1.54. The van der Waals surface area contributed by atoms with E-state index in [9.17, 15) is 9.59 Å². The number of hydrogen-bond donors (Lipinski definition) is 2. The molecular formula is C22H26N2O4S. The van der Waals surface area contributed by atoms with Crippen LogP contribution in [-0.4, -0.2) is 38.2 Å². The SMILES string of the molecule is COc1ccc(CC(=O)Nc2sc3c(c2C(=O)NCC2CCCO2)CCC3)cc1. The number of rotatable bonds is 7. The van der Waals surface area contributed by atoms with E-state index in [1.807, 2.05) is 24.3 Å². The van der Waals surface area contributed by atoms with E-state index in [1.54, 1.807) is 7.11 Å². The van der Waals surface area contributed by atoms with Crippen LogP contribution in [0.3, 0.4) is 0 Å². The summed E-state index contributed by atoms with van der Waals surface area (Å²) in [6, 6.07) is 7.43. The lowest BCUT2D eigenvalue weighted by molar-refractivity contribution is -0.115. The number of carbonyl (C=O) groups excluding carboxylic acids is 2. The zero-order chi connectivity index (χ0) is 20.2. The van der Waals surface area contributed by atoms with Gasteiger partial charge in [-0.25, -0.2) is 0 Å². The molecule has 154 valence electrons. The van der Waals surface area contributed by atoms with E-state index < -0.39 is 0 Å². The first-order valence-electron chi connectivity index (χ1n) is 10.1. The molecule has 1 atom stereocenters. The van der Waals surface area contributed by atoms with E-state index in [2.05, 4.69) is 10.6 Å². The lowest BCUT2D eigenvalue weighted by Gasteiger charge is -2.13. The Bertz CT molecular complexity index is 885. The van der Waals surface area contributed by atoms with Crippen molar-refractivity contribution in [3.05, 3.63) is 45.8 Å². The van der Waals surface area contributed by atoms with Crippen LogP contribution in [-0.2, 0) is 28.8 Å². The van der Waals surface area contributed by atoms with Gasteiger partial charge in [-0.2, -0.15) is 0 Å². The second kappa shape index (κ2) is 8.97. The molecule has 2 N–H and O–H groups in total. The Morgan fingerprint density at radius 1 is 1.21 bits per heavy atom. The quantitative estimate of drug-likeness (QED) is 0.729. The molecule has 2 heterocycles. The fourth-order valence-corrected chi connectivity index (χ4v) is 5.24. The molecule has 29 heavy (non-hydrogen) atoms. The molecule has 4 rings (SSSR count). The minimum Gasteiger partial charge on any atom is -0.497 e. The van der Waals surface area contributed by atoms with Crippen molar-refractivity contribution in [2.24, 2.45) is 0 Å². The molecule has 0 spiro atoms. The molecule has 1 aromatic heterocycles. The van der Waals surface area contributed by atoms with Crippen molar-refractivity contribution in [3.8, 4) is 5.75 Å². The standard InChI is InChI=1S/C22H26N2O4S/c1-27-15-9-7-14(8-10-15)12-19(25)24-22-20(17-5-2-6-18(17)29-22)21(26)23-13-16-4-3-11-28-16/h7-10,16H,2-6,11-13H2,1H3,(H,23,26)(H,24,25). The Kier molecular flexibility index (Phi) is 6.16. The maximum absolute atomic E-state index is 12.9. The third-order valence-corrected chi connectivity index (χ3v) is 6.65. The Morgan fingerprint density at radius 3 is 2.76 bits per heavy atom. The third kappa shape index (κ3) is 4.62. The summed E-state index contributed by atoms with van der Waals surface area (Å²) in [5.74, 6) is 0.525. The largest absolute Gasteiger partial charge is 0.497 e. The van der Waals surface area contributed by atoms with Gasteiger partial charge in [0.05, 0.1) is 25.2 Å². The first kappa shape index (κ1) is 19.9. The molecule has 0 radical (unpaired) electrons. The number of thiophene rings is 1. The summed E-state index contributed by atoms with van der Waals surface area (Å²) in [6.07, 6.45) is 5.30. The van der Waals surface area contributed by atoms with E-state index in [4.69, 9.17) is 9.47 Å². The Balaban J connectivity index is 1.44. The fraction of sp³-hybridized carbons (Fsp3) is 0.455. The monoisotopic (exact) mass is 414 g/mol. The minimum absolute atomic E-state index is 0.0961. The second-order valence-corrected chi connectivity index (χ2v) is 8.58. The Hall–Kier alpha value is -2.38. The molecule has 7 heteroatoms. The highest BCUT2D eigenvalue weighted by Crippen LogP contribution is 2.39. The Labute approximate surface area is 174 Å². The van der Waals surface area contributed by atoms with Crippen molar-refractivity contribution < 1.29 is 19.1 Å². The van der Waals surface area contributed by atoms with Gasteiger partial charge in [0.1, 0.15) is 10.8 Å². The van der Waals surface area contributed by atoms with Gasteiger partial charge in [0.25, 0.3) is 5.91 Å². The fourth-order valence-electron chi connectivity index (χ4n) is 3.93. The molecule has 0 saturated carbocycles. The van der Waals surface area contributed by atoms with Gasteiger partial charge in [0.15, 0.2) is 0 Å². The number of anilines is 1. The lowest BCUT2D eigenvalue weighted by atomic mass is 10.1. The van der Waals surface area contributed by atoms with Crippen LogP contribution in [0.2, 0.25) is 0 Å². The summed E-state index contributed by atoms with van der Waals surface area (Å²) < 4.78 is 10.8. The van der Waals surface area contributed by atoms with Crippen molar-refractivity contribution in [2.45, 2.75) is 44.6 Å². The van der Waals surface area contributed by atoms with E-state index >= 15 is 0 Å². The molecule has 1 saturated heterocycles. The van der Waals surface area contributed by atoms with Gasteiger partial charge in [0, 0.05) is 18.0 Å². The highest BCUT2D eigenvalue weighted by molar-refractivity contribution is 7.17. The average Bonchev–Trinajstić information content (AvgIpc) is 3.44. The van der Waals surface area contributed by atoms with E-state index in [0.29, 0.717) is 17.1 Å². The van der Waals surface area contributed by atoms with Crippen molar-refractivity contribution >= 4 is 28.2 Å². The van der Waals surface area contributed by atoms with Gasteiger partial charge >= 0.3 is 0 Å². The highest BCUT2D eigenvalue weighted by atomic mass is 32.1. The summed E-state index contributed by atoms with van der Waals surface area (Å²) in [5.41, 5.74) is 2.64. The van der Waals surface area contributed by atoms with Crippen LogP contribution in [0.5, 0.6) is 5.75 Å². The van der Waals surface area contributed by atoms with Crippen LogP contribution in [0.1, 0.15) is 45.6 Å². The van der Waals surface area contributed by atoms with E-state index in [0.717, 1.165) is 55.6 Å². The highest BCUT2D eigenvalue weighted by Gasteiger charge is 2.28. The zero-order valence-electron chi connectivity index (χ0n) is 16.6. The third-order valence-electron chi connectivity index (χ3n) is 5.44. The minimum atomic E-state index is -0.122. The van der Waals surface area contributed by atoms with Crippen molar-refractivity contribution in [1.82, 2.24) is 5.32 Å². The van der Waals surface area contributed by atoms with Crippen molar-refractivity contribution in [2.75, 3.05) is 25.6 Å². The number of nitrogens with one attached hydrogen (secondary N) is 2. The topological polar surface area (TPSA) is 76.7 Å². The number of ether oxygens (including phenoxy) is 2. The number of methoxy groups -OCH3 is 1. The van der Waals surface area contributed by atoms with Gasteiger partial charge in [-0.1, -0.05) is 12.1 Å². The number of carbonyl (C=O) groups is 2. The smallest absolute Gasteiger partial charge is 0.254 e. The molecule has 1 aliphatic heterocycles. The molecule has 1 aromatic carbocycles. The van der Waals surface area contributed by atoms with Gasteiger partial charge in [-0.05, 0) is 55.4 Å². The number of hydrogen-bond acceptors (Lipinski definition) is 5. The zero-order valence-corrected chi connectivity index (χ0v) is 17.4. The normalized spacial score (nSPS) is 17.8. The van der Waals surface area contributed by atoms with Crippen LogP contribution in [0.25, 0.3) is 0 Å². The molecule has 6 nitrogen and oxygen atoms in total. The summed E-state index contributed by atoms with van der Waals surface area (Å²) in [6.45, 7) is 1.28. The van der Waals surface area contributed by atoms with Crippen LogP contribution in [0.4, 0.5) is 5.00 Å². The summed E-state index contributed by atoms with van der Waals surface area (Å²) in [4.78, 5) is 26.8. The molecule has 0 bridgehead atoms. The molecule has 2 amide bonds. The number of fused-ring (bicyclic) bond motifs is 1. The van der Waals surface area contributed by atoms with Crippen LogP contribution in [0, 0.1) is 0 Å². The molecular weight excluding hydrogens is 388 g/mol. The summed E-state index contributed by atoms with van der Waals surface area (Å²) in [7, 11) is 1.61. The van der Waals surface area contributed by atoms with Crippen LogP contribution in [0.15, 0.2) is 24.3 Å². The van der Waals surface area contributed by atoms with E-state index in [-0.39, 0.29) is 24.3 Å². The van der Waals surface area contributed by atoms with Crippen molar-refractivity contribution in [3.63, 3.8) is 0 Å². The maximum Gasteiger partial charge on any atom is 0.254 e. The first-order valence-corrected chi connectivity index (χ1v) is 10.9. The van der Waals surface area contributed by atoms with Crippen LogP contribution >= 0.6 is 11.3 Å². The van der Waals surface area contributed by atoms with Crippen molar-refractivity contribution in [1.29, 1.82) is 0 Å². The number of benzene rings is 1. The molecule has 1 fully saturated rings. The maximum atomic E-state index is 12.9. The molecule has 2 aliphatic rings. The molecule has 2 aromatic rings. The predicted molar refractivity (Wildman–Crippen MR) is 113 cm³/mol. The van der Waals surface area contributed by atoms with Gasteiger partial charge in [0.2, 0.25) is 5.91 Å². The predicted octanol–water partition coefficient (Wildman–Crippen LogP) is 3.34. The van der Waals surface area contributed by atoms with Gasteiger partial charge < -0.3 is 20.1 Å². The van der Waals surface area contributed by atoms with Crippen LogP contribution < -0.4 is 15.4 Å². The molecule has 1 unspecified atom stereocenters. The van der Waals surface area contributed by atoms with E-state index in [1.165, 1.54) is 16.2 Å². The Morgan fingerprint density at radius 2 is 2.03 bits per heavy atom. The second-order valence-electron chi connectivity index (χ2n) is 7.48. The number of amides is 2. The molecule has 1 aliphatic carbocycles. The first-order chi connectivity index (χ1) is 14.1. The average molecular weight is 415 g/mol. The number of aryl methyl sites for hydroxylation is 1. The summed E-state index contributed by atoms with van der Waals surface area (Å²) in [5, 5.41) is 6.66. The van der Waals surface area contributed by atoms with Gasteiger partial charge in [-0.3, -0.25) is 9.59 Å². The lowest BCUT2D eigenvalue weighted by Crippen LogP contribution is -2.32.